The molecule has 4 rings (SSSR count). The van der Waals surface area contributed by atoms with E-state index in [4.69, 9.17) is 0 Å². The number of nitrogens with one attached hydrogen (secondary N) is 2. The van der Waals surface area contributed by atoms with E-state index in [0.717, 1.165) is 30.6 Å². The maximum Gasteiger partial charge on any atom is 0.247 e. The van der Waals surface area contributed by atoms with E-state index in [-0.39, 0.29) is 16.8 Å². The Morgan fingerprint density at radius 3 is 2.44 bits per heavy atom. The third kappa shape index (κ3) is 5.76. The van der Waals surface area contributed by atoms with E-state index < -0.39 is 15.6 Å². The quantitative estimate of drug-likeness (QED) is 0.499. The SMILES string of the molecule is CC(C)(C)NS(=O)(=O)c1ccccc1-c1ccc(NC(=O)[C@@H]2CCCN2c2cccc(C#N)c2)cc1. The lowest BCUT2D eigenvalue weighted by Crippen LogP contribution is -2.40. The Kier molecular flexibility index (Phi) is 7.16. The summed E-state index contributed by atoms with van der Waals surface area (Å²) in [5, 5.41) is 12.2. The number of carbonyl (C=O) groups is 1. The highest BCUT2D eigenvalue weighted by molar-refractivity contribution is 7.89. The number of amides is 1. The molecule has 7 nitrogen and oxygen atoms in total. The van der Waals surface area contributed by atoms with Crippen LogP contribution < -0.4 is 14.9 Å². The third-order valence-corrected chi connectivity index (χ3v) is 7.76. The van der Waals surface area contributed by atoms with Crippen molar-refractivity contribution in [1.29, 1.82) is 5.26 Å². The molecule has 0 spiro atoms. The standard InChI is InChI=1S/C28H30N4O3S/c1-28(2,3)31-36(34,35)26-12-5-4-10-24(26)21-13-15-22(16-14-21)30-27(33)25-11-7-17-32(25)23-9-6-8-20(18-23)19-29/h4-6,8-10,12-16,18,25,31H,7,11,17H2,1-3H3,(H,30,33)/t25-/m0/s1. The molecular formula is C28H30N4O3S. The van der Waals surface area contributed by atoms with Gasteiger partial charge < -0.3 is 10.2 Å². The van der Waals surface area contributed by atoms with Crippen LogP contribution in [0.1, 0.15) is 39.2 Å². The van der Waals surface area contributed by atoms with Crippen LogP contribution in [0.4, 0.5) is 11.4 Å². The van der Waals surface area contributed by atoms with Gasteiger partial charge in [0.2, 0.25) is 15.9 Å². The molecular weight excluding hydrogens is 472 g/mol. The van der Waals surface area contributed by atoms with Gasteiger partial charge in [0.1, 0.15) is 6.04 Å². The van der Waals surface area contributed by atoms with Crippen molar-refractivity contribution in [3.8, 4) is 17.2 Å². The van der Waals surface area contributed by atoms with Gasteiger partial charge in [0.05, 0.1) is 16.5 Å². The lowest BCUT2D eigenvalue weighted by Gasteiger charge is -2.26. The summed E-state index contributed by atoms with van der Waals surface area (Å²) in [4.78, 5) is 15.4. The van der Waals surface area contributed by atoms with Crippen molar-refractivity contribution >= 4 is 27.3 Å². The van der Waals surface area contributed by atoms with Crippen LogP contribution in [0.3, 0.4) is 0 Å². The lowest BCUT2D eigenvalue weighted by molar-refractivity contribution is -0.117. The number of anilines is 2. The summed E-state index contributed by atoms with van der Waals surface area (Å²) in [6.45, 7) is 6.16. The van der Waals surface area contributed by atoms with Gasteiger partial charge in [-0.2, -0.15) is 5.26 Å². The molecule has 36 heavy (non-hydrogen) atoms. The molecule has 1 atom stereocenters. The fourth-order valence-electron chi connectivity index (χ4n) is 4.46. The molecule has 8 heteroatoms. The number of sulfonamides is 1. The first-order valence-electron chi connectivity index (χ1n) is 11.9. The molecule has 1 fully saturated rings. The molecule has 0 bridgehead atoms. The Morgan fingerprint density at radius 2 is 1.75 bits per heavy atom. The largest absolute Gasteiger partial charge is 0.359 e. The maximum absolute atomic E-state index is 13.1. The van der Waals surface area contributed by atoms with Gasteiger partial charge in [-0.3, -0.25) is 4.79 Å². The highest BCUT2D eigenvalue weighted by Crippen LogP contribution is 2.30. The van der Waals surface area contributed by atoms with Crippen molar-refractivity contribution in [2.45, 2.75) is 50.1 Å². The molecule has 186 valence electrons. The second kappa shape index (κ2) is 10.1. The van der Waals surface area contributed by atoms with Crippen molar-refractivity contribution in [3.63, 3.8) is 0 Å². The summed E-state index contributed by atoms with van der Waals surface area (Å²) < 4.78 is 28.7. The summed E-state index contributed by atoms with van der Waals surface area (Å²) in [5.41, 5.74) is 2.78. The Morgan fingerprint density at radius 1 is 1.03 bits per heavy atom. The van der Waals surface area contributed by atoms with Gasteiger partial charge in [-0.05, 0) is 75.6 Å². The summed E-state index contributed by atoms with van der Waals surface area (Å²) >= 11 is 0. The van der Waals surface area contributed by atoms with Gasteiger partial charge in [0, 0.05) is 29.0 Å². The second-order valence-electron chi connectivity index (χ2n) is 9.93. The predicted molar refractivity (Wildman–Crippen MR) is 142 cm³/mol. The minimum Gasteiger partial charge on any atom is -0.359 e. The number of nitriles is 1. The highest BCUT2D eigenvalue weighted by atomic mass is 32.2. The zero-order chi connectivity index (χ0) is 25.9. The van der Waals surface area contributed by atoms with Gasteiger partial charge in [-0.1, -0.05) is 36.4 Å². The van der Waals surface area contributed by atoms with Crippen molar-refractivity contribution < 1.29 is 13.2 Å². The Hall–Kier alpha value is -3.67. The fourth-order valence-corrected chi connectivity index (χ4v) is 6.11. The number of rotatable bonds is 6. The zero-order valence-electron chi connectivity index (χ0n) is 20.7. The molecule has 1 aliphatic heterocycles. The first-order chi connectivity index (χ1) is 17.1. The van der Waals surface area contributed by atoms with Crippen LogP contribution in [0.25, 0.3) is 11.1 Å². The average Bonchev–Trinajstić information content (AvgIpc) is 3.33. The first-order valence-corrected chi connectivity index (χ1v) is 13.4. The topological polar surface area (TPSA) is 102 Å². The number of hydrogen-bond acceptors (Lipinski definition) is 5. The smallest absolute Gasteiger partial charge is 0.247 e. The Labute approximate surface area is 212 Å². The van der Waals surface area contributed by atoms with Crippen LogP contribution in [0, 0.1) is 11.3 Å². The van der Waals surface area contributed by atoms with Crippen LogP contribution in [0.5, 0.6) is 0 Å². The molecule has 0 aliphatic carbocycles. The van der Waals surface area contributed by atoms with Gasteiger partial charge in [0.15, 0.2) is 0 Å². The average molecular weight is 503 g/mol. The Bertz CT molecular complexity index is 1400. The molecule has 3 aromatic carbocycles. The van der Waals surface area contributed by atoms with E-state index in [9.17, 15) is 18.5 Å². The zero-order valence-corrected chi connectivity index (χ0v) is 21.5. The molecule has 3 aromatic rings. The molecule has 1 saturated heterocycles. The number of benzene rings is 3. The van der Waals surface area contributed by atoms with Crippen LogP contribution in [-0.4, -0.2) is 32.5 Å². The molecule has 2 N–H and O–H groups in total. The molecule has 0 radical (unpaired) electrons. The van der Waals surface area contributed by atoms with Crippen molar-refractivity contribution in [1.82, 2.24) is 4.72 Å². The van der Waals surface area contributed by atoms with E-state index in [2.05, 4.69) is 16.1 Å². The van der Waals surface area contributed by atoms with Crippen LogP contribution >= 0.6 is 0 Å². The second-order valence-corrected chi connectivity index (χ2v) is 11.6. The van der Waals surface area contributed by atoms with Gasteiger partial charge in [-0.25, -0.2) is 13.1 Å². The van der Waals surface area contributed by atoms with E-state index >= 15 is 0 Å². The number of hydrogen-bond donors (Lipinski definition) is 2. The summed E-state index contributed by atoms with van der Waals surface area (Å²) in [6, 6.07) is 23.2. The Balaban J connectivity index is 1.52. The maximum atomic E-state index is 13.1. The van der Waals surface area contributed by atoms with E-state index in [1.54, 1.807) is 69.3 Å². The van der Waals surface area contributed by atoms with Crippen LogP contribution in [0.15, 0.2) is 77.7 Å². The van der Waals surface area contributed by atoms with Crippen LogP contribution in [0.2, 0.25) is 0 Å². The van der Waals surface area contributed by atoms with Gasteiger partial charge >= 0.3 is 0 Å². The minimum atomic E-state index is -3.72. The summed E-state index contributed by atoms with van der Waals surface area (Å²) in [6.07, 6.45) is 1.62. The molecule has 1 heterocycles. The molecule has 1 aliphatic rings. The molecule has 0 unspecified atom stereocenters. The van der Waals surface area contributed by atoms with Crippen LogP contribution in [-0.2, 0) is 14.8 Å². The predicted octanol–water partition coefficient (Wildman–Crippen LogP) is 4.91. The van der Waals surface area contributed by atoms with Gasteiger partial charge in [0.25, 0.3) is 0 Å². The van der Waals surface area contributed by atoms with Crippen molar-refractivity contribution in [2.75, 3.05) is 16.8 Å². The minimum absolute atomic E-state index is 0.111. The number of nitrogens with zero attached hydrogens (tertiary/aromatic N) is 2. The van der Waals surface area contributed by atoms with E-state index in [1.165, 1.54) is 0 Å². The first kappa shape index (κ1) is 25.4. The lowest BCUT2D eigenvalue weighted by atomic mass is 10.1. The van der Waals surface area contributed by atoms with E-state index in [0.29, 0.717) is 16.8 Å². The van der Waals surface area contributed by atoms with E-state index in [1.807, 2.05) is 29.2 Å². The molecule has 1 amide bonds. The molecule has 0 saturated carbocycles. The highest BCUT2D eigenvalue weighted by Gasteiger charge is 2.31. The third-order valence-electron chi connectivity index (χ3n) is 5.94. The fraction of sp³-hybridized carbons (Fsp3) is 0.286. The normalized spacial score (nSPS) is 15.9. The summed E-state index contributed by atoms with van der Waals surface area (Å²) in [7, 11) is -3.72. The van der Waals surface area contributed by atoms with Crippen molar-refractivity contribution in [3.05, 3.63) is 78.4 Å². The summed E-state index contributed by atoms with van der Waals surface area (Å²) in [5.74, 6) is -0.111. The monoisotopic (exact) mass is 502 g/mol. The molecule has 0 aromatic heterocycles. The van der Waals surface area contributed by atoms with Gasteiger partial charge in [-0.15, -0.1) is 0 Å². The van der Waals surface area contributed by atoms with Crippen molar-refractivity contribution in [2.24, 2.45) is 0 Å². The number of carbonyl (C=O) groups excluding carboxylic acids is 1.